The molecule has 0 aliphatic rings. The van der Waals surface area contributed by atoms with Crippen LogP contribution in [0.5, 0.6) is 5.75 Å². The van der Waals surface area contributed by atoms with Gasteiger partial charge in [0.2, 0.25) is 5.91 Å². The Hall–Kier alpha value is -2.36. The maximum absolute atomic E-state index is 13.2. The zero-order valence-corrected chi connectivity index (χ0v) is 19.3. The summed E-state index contributed by atoms with van der Waals surface area (Å²) >= 11 is 0. The van der Waals surface area contributed by atoms with Crippen molar-refractivity contribution in [1.82, 2.24) is 10.6 Å². The predicted molar refractivity (Wildman–Crippen MR) is 126 cm³/mol. The number of carbonyl (C=O) groups is 1. The normalized spacial score (nSPS) is 10.7. The van der Waals surface area contributed by atoms with Gasteiger partial charge in [0.05, 0.1) is 6.54 Å². The number of nitrogens with one attached hydrogen (secondary N) is 3. The predicted octanol–water partition coefficient (Wildman–Crippen LogP) is 3.50. The maximum atomic E-state index is 13.2. The molecular formula is C21H28FIN4O2. The van der Waals surface area contributed by atoms with E-state index < -0.39 is 0 Å². The summed E-state index contributed by atoms with van der Waals surface area (Å²) in [6, 6.07) is 12.1. The van der Waals surface area contributed by atoms with Crippen molar-refractivity contribution in [2.45, 2.75) is 20.3 Å². The summed E-state index contributed by atoms with van der Waals surface area (Å²) in [5.41, 5.74) is 2.75. The van der Waals surface area contributed by atoms with Crippen molar-refractivity contribution in [2.24, 2.45) is 4.99 Å². The number of nitrogens with zero attached hydrogens (tertiary/aromatic N) is 1. The first kappa shape index (κ1) is 24.7. The molecule has 0 saturated heterocycles. The number of benzene rings is 2. The number of hydrogen-bond donors (Lipinski definition) is 3. The number of guanidine groups is 1. The van der Waals surface area contributed by atoms with Crippen LogP contribution in [0.2, 0.25) is 0 Å². The number of ether oxygens (including phenoxy) is 1. The van der Waals surface area contributed by atoms with Crippen LogP contribution in [0, 0.1) is 12.7 Å². The van der Waals surface area contributed by atoms with E-state index in [2.05, 4.69) is 20.9 Å². The third-order valence-electron chi connectivity index (χ3n) is 4.03. The lowest BCUT2D eigenvalue weighted by molar-refractivity contribution is -0.114. The molecule has 6 nitrogen and oxygen atoms in total. The maximum Gasteiger partial charge on any atom is 0.221 e. The molecule has 8 heteroatoms. The summed E-state index contributed by atoms with van der Waals surface area (Å²) in [7, 11) is 1.70. The minimum absolute atomic E-state index is 0. The van der Waals surface area contributed by atoms with Gasteiger partial charge in [0, 0.05) is 32.3 Å². The van der Waals surface area contributed by atoms with Gasteiger partial charge >= 0.3 is 0 Å². The number of aryl methyl sites for hydroxylation is 1. The lowest BCUT2D eigenvalue weighted by atomic mass is 10.1. The van der Waals surface area contributed by atoms with Crippen LogP contribution >= 0.6 is 24.0 Å². The van der Waals surface area contributed by atoms with Crippen molar-refractivity contribution in [3.05, 3.63) is 59.4 Å². The van der Waals surface area contributed by atoms with Gasteiger partial charge in [0.1, 0.15) is 18.2 Å². The van der Waals surface area contributed by atoms with Gasteiger partial charge in [-0.05, 0) is 48.7 Å². The number of aliphatic imine (C=N–C) groups is 1. The van der Waals surface area contributed by atoms with E-state index >= 15 is 0 Å². The lowest BCUT2D eigenvalue weighted by Crippen LogP contribution is -2.40. The molecule has 2 rings (SSSR count). The van der Waals surface area contributed by atoms with Gasteiger partial charge in [-0.2, -0.15) is 0 Å². The molecule has 0 aliphatic carbocycles. The van der Waals surface area contributed by atoms with E-state index in [-0.39, 0.29) is 35.7 Å². The molecule has 0 unspecified atom stereocenters. The molecule has 0 radical (unpaired) electrons. The van der Waals surface area contributed by atoms with Gasteiger partial charge in [0.15, 0.2) is 5.96 Å². The van der Waals surface area contributed by atoms with Gasteiger partial charge in [0.25, 0.3) is 0 Å². The van der Waals surface area contributed by atoms with E-state index in [1.54, 1.807) is 25.2 Å². The summed E-state index contributed by atoms with van der Waals surface area (Å²) in [5.74, 6) is 1.02. The number of rotatable bonds is 8. The quantitative estimate of drug-likeness (QED) is 0.218. The van der Waals surface area contributed by atoms with Crippen molar-refractivity contribution >= 4 is 41.5 Å². The van der Waals surface area contributed by atoms with Crippen molar-refractivity contribution in [2.75, 3.05) is 32.1 Å². The highest BCUT2D eigenvalue weighted by Crippen LogP contribution is 2.17. The molecule has 29 heavy (non-hydrogen) atoms. The van der Waals surface area contributed by atoms with Gasteiger partial charge in [-0.1, -0.05) is 12.1 Å². The molecule has 1 amide bonds. The Morgan fingerprint density at radius 3 is 2.59 bits per heavy atom. The minimum atomic E-state index is -0.214. The second-order valence-electron chi connectivity index (χ2n) is 6.30. The third kappa shape index (κ3) is 9.12. The van der Waals surface area contributed by atoms with Crippen LogP contribution in [-0.4, -0.2) is 38.6 Å². The molecule has 0 aliphatic heterocycles. The zero-order valence-electron chi connectivity index (χ0n) is 16.9. The number of halogens is 2. The monoisotopic (exact) mass is 514 g/mol. The molecule has 0 saturated carbocycles. The van der Waals surface area contributed by atoms with Crippen LogP contribution < -0.4 is 20.7 Å². The molecule has 2 aromatic carbocycles. The van der Waals surface area contributed by atoms with Gasteiger partial charge in [-0.3, -0.25) is 9.79 Å². The second-order valence-corrected chi connectivity index (χ2v) is 6.30. The van der Waals surface area contributed by atoms with E-state index in [0.717, 1.165) is 17.5 Å². The van der Waals surface area contributed by atoms with Crippen LogP contribution in [0.25, 0.3) is 0 Å². The van der Waals surface area contributed by atoms with Gasteiger partial charge < -0.3 is 20.7 Å². The topological polar surface area (TPSA) is 74.8 Å². The fourth-order valence-corrected chi connectivity index (χ4v) is 2.68. The first-order valence-electron chi connectivity index (χ1n) is 9.18. The highest BCUT2D eigenvalue weighted by Gasteiger charge is 2.03. The first-order valence-corrected chi connectivity index (χ1v) is 9.18. The molecule has 0 atom stereocenters. The number of hydrogen-bond acceptors (Lipinski definition) is 3. The average molecular weight is 514 g/mol. The molecule has 0 bridgehead atoms. The van der Waals surface area contributed by atoms with E-state index in [1.807, 2.05) is 25.1 Å². The van der Waals surface area contributed by atoms with E-state index in [0.29, 0.717) is 37.1 Å². The van der Waals surface area contributed by atoms with E-state index in [9.17, 15) is 9.18 Å². The number of carbonyl (C=O) groups excluding carboxylic acids is 1. The molecule has 2 aromatic rings. The molecule has 0 heterocycles. The van der Waals surface area contributed by atoms with Crippen molar-refractivity contribution in [1.29, 1.82) is 0 Å². The average Bonchev–Trinajstić information content (AvgIpc) is 2.65. The largest absolute Gasteiger partial charge is 0.492 e. The molecule has 0 spiro atoms. The standard InChI is InChI=1S/C21H27FN4O2.HI/c1-15-13-18(22)8-7-17(15)9-10-24-21(23-3)25-11-12-28-20-6-4-5-19(14-20)26-16(2)27;/h4-8,13-14H,9-12H2,1-3H3,(H,26,27)(H2,23,24,25);1H. The van der Waals surface area contributed by atoms with E-state index in [4.69, 9.17) is 4.74 Å². The van der Waals surface area contributed by atoms with Crippen LogP contribution in [-0.2, 0) is 11.2 Å². The highest BCUT2D eigenvalue weighted by molar-refractivity contribution is 14.0. The Labute approximate surface area is 188 Å². The zero-order chi connectivity index (χ0) is 20.4. The van der Waals surface area contributed by atoms with Crippen molar-refractivity contribution in [3.8, 4) is 5.75 Å². The Balaban J connectivity index is 0.00000420. The minimum Gasteiger partial charge on any atom is -0.492 e. The van der Waals surface area contributed by atoms with Crippen LogP contribution in [0.15, 0.2) is 47.5 Å². The SMILES string of the molecule is CN=C(NCCOc1cccc(NC(C)=O)c1)NCCc1ccc(F)cc1C.I. The van der Waals surface area contributed by atoms with Crippen LogP contribution in [0.3, 0.4) is 0 Å². The first-order chi connectivity index (χ1) is 13.5. The molecule has 158 valence electrons. The highest BCUT2D eigenvalue weighted by atomic mass is 127. The Morgan fingerprint density at radius 1 is 1.14 bits per heavy atom. The summed E-state index contributed by atoms with van der Waals surface area (Å²) in [6.45, 7) is 5.07. The Morgan fingerprint density at radius 2 is 1.90 bits per heavy atom. The van der Waals surface area contributed by atoms with E-state index in [1.165, 1.54) is 13.0 Å². The van der Waals surface area contributed by atoms with Gasteiger partial charge in [-0.25, -0.2) is 4.39 Å². The van der Waals surface area contributed by atoms with Crippen LogP contribution in [0.4, 0.5) is 10.1 Å². The summed E-state index contributed by atoms with van der Waals surface area (Å²) < 4.78 is 18.8. The smallest absolute Gasteiger partial charge is 0.221 e. The third-order valence-corrected chi connectivity index (χ3v) is 4.03. The number of anilines is 1. The molecule has 0 fully saturated rings. The Bertz CT molecular complexity index is 830. The molecular weight excluding hydrogens is 486 g/mol. The van der Waals surface area contributed by atoms with Gasteiger partial charge in [-0.15, -0.1) is 24.0 Å². The molecule has 3 N–H and O–H groups in total. The van der Waals surface area contributed by atoms with Crippen molar-refractivity contribution < 1.29 is 13.9 Å². The van der Waals surface area contributed by atoms with Crippen molar-refractivity contribution in [3.63, 3.8) is 0 Å². The number of amides is 1. The Kier molecular flexibility index (Phi) is 11.0. The fraction of sp³-hybridized carbons (Fsp3) is 0.333. The lowest BCUT2D eigenvalue weighted by Gasteiger charge is -2.13. The fourth-order valence-electron chi connectivity index (χ4n) is 2.68. The summed E-state index contributed by atoms with van der Waals surface area (Å²) in [6.07, 6.45) is 0.777. The second kappa shape index (κ2) is 13.0. The summed E-state index contributed by atoms with van der Waals surface area (Å²) in [4.78, 5) is 15.3. The van der Waals surface area contributed by atoms with Crippen LogP contribution in [0.1, 0.15) is 18.1 Å². The summed E-state index contributed by atoms with van der Waals surface area (Å²) in [5, 5.41) is 9.13. The molecule has 0 aromatic heterocycles.